The number of nitrogens with zero attached hydrogens (tertiary/aromatic N) is 4. The third-order valence-electron chi connectivity index (χ3n) is 7.05. The van der Waals surface area contributed by atoms with Gasteiger partial charge in [0.2, 0.25) is 0 Å². The molecule has 2 N–H and O–H groups in total. The van der Waals surface area contributed by atoms with Gasteiger partial charge in [-0.2, -0.15) is 5.10 Å². The van der Waals surface area contributed by atoms with Crippen LogP contribution in [0, 0.1) is 6.92 Å². The van der Waals surface area contributed by atoms with Gasteiger partial charge >= 0.3 is 6.03 Å². The number of benzene rings is 1. The van der Waals surface area contributed by atoms with Crippen molar-refractivity contribution in [1.82, 2.24) is 24.9 Å². The Morgan fingerprint density at radius 3 is 2.84 bits per heavy atom. The van der Waals surface area contributed by atoms with E-state index >= 15 is 0 Å². The molecule has 0 bridgehead atoms. The number of nitrogens with one attached hydrogen (secondary N) is 2. The van der Waals surface area contributed by atoms with Gasteiger partial charge in [-0.1, -0.05) is 17.7 Å². The molecule has 0 spiro atoms. The molecule has 1 aromatic heterocycles. The van der Waals surface area contributed by atoms with Gasteiger partial charge in [0.1, 0.15) is 0 Å². The number of hydrogen-bond donors (Lipinski definition) is 2. The van der Waals surface area contributed by atoms with Crippen LogP contribution in [-0.2, 0) is 6.54 Å². The molecular weight excluding hydrogens is 392 g/mol. The van der Waals surface area contributed by atoms with Crippen molar-refractivity contribution < 1.29 is 9.59 Å². The van der Waals surface area contributed by atoms with Crippen molar-refractivity contribution in [1.29, 1.82) is 0 Å². The first-order valence-corrected chi connectivity index (χ1v) is 11.2. The van der Waals surface area contributed by atoms with Crippen molar-refractivity contribution in [2.75, 3.05) is 25.0 Å². The second-order valence-corrected chi connectivity index (χ2v) is 9.17. The van der Waals surface area contributed by atoms with Gasteiger partial charge in [0.25, 0.3) is 5.91 Å². The number of aromatic nitrogens is 2. The summed E-state index contributed by atoms with van der Waals surface area (Å²) in [6.07, 6.45) is 2.39. The average molecular weight is 423 g/mol. The van der Waals surface area contributed by atoms with Gasteiger partial charge < -0.3 is 15.1 Å². The van der Waals surface area contributed by atoms with Gasteiger partial charge in [-0.25, -0.2) is 4.79 Å². The highest BCUT2D eigenvalue weighted by atomic mass is 16.2. The summed E-state index contributed by atoms with van der Waals surface area (Å²) < 4.78 is 0. The highest BCUT2D eigenvalue weighted by Crippen LogP contribution is 2.37. The van der Waals surface area contributed by atoms with E-state index in [0.717, 1.165) is 36.5 Å². The highest BCUT2D eigenvalue weighted by molar-refractivity contribution is 6.04. The van der Waals surface area contributed by atoms with Crippen LogP contribution in [0.5, 0.6) is 0 Å². The predicted molar refractivity (Wildman–Crippen MR) is 118 cm³/mol. The van der Waals surface area contributed by atoms with E-state index in [2.05, 4.69) is 27.3 Å². The third kappa shape index (κ3) is 3.48. The zero-order chi connectivity index (χ0) is 21.7. The minimum Gasteiger partial charge on any atom is -0.319 e. The Morgan fingerprint density at radius 1 is 1.19 bits per heavy atom. The summed E-state index contributed by atoms with van der Waals surface area (Å²) >= 11 is 0. The maximum atomic E-state index is 13.5. The topological polar surface area (TPSA) is 84.6 Å². The molecule has 0 radical (unpaired) electrons. The van der Waals surface area contributed by atoms with E-state index < -0.39 is 0 Å². The number of rotatable bonds is 2. The molecule has 3 aliphatic rings. The number of aromatic amines is 1. The van der Waals surface area contributed by atoms with Crippen molar-refractivity contribution in [3.8, 4) is 0 Å². The van der Waals surface area contributed by atoms with Crippen LogP contribution < -0.4 is 5.32 Å². The lowest BCUT2D eigenvalue weighted by Crippen LogP contribution is -2.59. The maximum absolute atomic E-state index is 13.5. The van der Waals surface area contributed by atoms with E-state index in [-0.39, 0.29) is 24.0 Å². The monoisotopic (exact) mass is 422 g/mol. The lowest BCUT2D eigenvalue weighted by molar-refractivity contribution is 0.0580. The van der Waals surface area contributed by atoms with Crippen LogP contribution in [-0.4, -0.2) is 68.6 Å². The van der Waals surface area contributed by atoms with Gasteiger partial charge in [-0.15, -0.1) is 0 Å². The summed E-state index contributed by atoms with van der Waals surface area (Å²) in [5.74, 6) is 0.318. The second kappa shape index (κ2) is 7.67. The Bertz CT molecular complexity index is 1020. The molecule has 3 atom stereocenters. The number of amides is 3. The molecule has 2 aromatic rings. The lowest BCUT2D eigenvalue weighted by Gasteiger charge is -2.44. The summed E-state index contributed by atoms with van der Waals surface area (Å²) in [7, 11) is 0. The van der Waals surface area contributed by atoms with E-state index in [1.165, 1.54) is 12.8 Å². The van der Waals surface area contributed by atoms with Crippen molar-refractivity contribution >= 4 is 17.8 Å². The van der Waals surface area contributed by atoms with E-state index in [4.69, 9.17) is 0 Å². The molecule has 2 fully saturated rings. The van der Waals surface area contributed by atoms with E-state index in [0.29, 0.717) is 24.0 Å². The van der Waals surface area contributed by atoms with E-state index in [9.17, 15) is 9.59 Å². The summed E-state index contributed by atoms with van der Waals surface area (Å²) in [6.45, 7) is 9.46. The fourth-order valence-electron chi connectivity index (χ4n) is 5.27. The molecular formula is C23H30N6O2. The minimum atomic E-state index is -0.193. The lowest BCUT2D eigenvalue weighted by atomic mass is 10.1. The maximum Gasteiger partial charge on any atom is 0.321 e. The van der Waals surface area contributed by atoms with E-state index in [1.807, 2.05) is 41.8 Å². The first kappa shape index (κ1) is 20.1. The molecule has 0 saturated carbocycles. The normalized spacial score (nSPS) is 25.5. The van der Waals surface area contributed by atoms with Gasteiger partial charge in [0, 0.05) is 36.3 Å². The number of carbonyl (C=O) groups is 2. The Kier molecular flexibility index (Phi) is 4.97. The molecule has 4 heterocycles. The standard InChI is InChI=1S/C23H30N6O2/c1-14-6-4-7-17(10-14)22(30)24-21-19-13-29(16(3)20(19)25-26-21)23(31)28-12-18-8-5-9-27(18)11-15(28)2/h4,6-7,10,15-16,18H,5,8-9,11-13H2,1-3H3,(H2,24,25,26,30)/t15-,16?,18-/m0/s1. The first-order chi connectivity index (χ1) is 14.9. The van der Waals surface area contributed by atoms with E-state index in [1.54, 1.807) is 6.07 Å². The van der Waals surface area contributed by atoms with Gasteiger partial charge in [0.15, 0.2) is 5.82 Å². The molecule has 8 heteroatoms. The molecule has 3 aliphatic heterocycles. The van der Waals surface area contributed by atoms with Crippen molar-refractivity contribution in [3.63, 3.8) is 0 Å². The molecule has 1 aromatic carbocycles. The zero-order valence-electron chi connectivity index (χ0n) is 18.4. The summed E-state index contributed by atoms with van der Waals surface area (Å²) in [5, 5.41) is 10.3. The fraction of sp³-hybridized carbons (Fsp3) is 0.522. The molecule has 0 aliphatic carbocycles. The number of H-pyrrole nitrogens is 1. The second-order valence-electron chi connectivity index (χ2n) is 9.17. The molecule has 5 rings (SSSR count). The molecule has 31 heavy (non-hydrogen) atoms. The minimum absolute atomic E-state index is 0.0760. The van der Waals surface area contributed by atoms with Gasteiger partial charge in [-0.3, -0.25) is 14.8 Å². The number of anilines is 1. The number of fused-ring (bicyclic) bond motifs is 2. The predicted octanol–water partition coefficient (Wildman–Crippen LogP) is 3.14. The first-order valence-electron chi connectivity index (χ1n) is 11.2. The smallest absolute Gasteiger partial charge is 0.319 e. The SMILES string of the molecule is Cc1cccc(C(=O)Nc2n[nH]c3c2CN(C(=O)N2C[C@@H]4CCCN4C[C@@H]2C)C3C)c1. The quantitative estimate of drug-likeness (QED) is 0.779. The van der Waals surface area contributed by atoms with Crippen LogP contribution in [0.3, 0.4) is 0 Å². The van der Waals surface area contributed by atoms with Gasteiger partial charge in [0.05, 0.1) is 18.3 Å². The number of urea groups is 1. The Balaban J connectivity index is 1.31. The Hall–Kier alpha value is -2.87. The van der Waals surface area contributed by atoms with Crippen LogP contribution in [0.25, 0.3) is 0 Å². The third-order valence-corrected chi connectivity index (χ3v) is 7.05. The number of aryl methyl sites for hydroxylation is 1. The Morgan fingerprint density at radius 2 is 2.03 bits per heavy atom. The van der Waals surface area contributed by atoms with Crippen molar-refractivity contribution in [2.24, 2.45) is 0 Å². The summed E-state index contributed by atoms with van der Waals surface area (Å²) in [6, 6.07) is 8.13. The molecule has 3 amide bonds. The Labute approximate surface area is 182 Å². The van der Waals surface area contributed by atoms with Crippen LogP contribution in [0.2, 0.25) is 0 Å². The molecule has 164 valence electrons. The van der Waals surface area contributed by atoms with Crippen LogP contribution in [0.15, 0.2) is 24.3 Å². The number of hydrogen-bond acceptors (Lipinski definition) is 4. The van der Waals surface area contributed by atoms with Gasteiger partial charge in [-0.05, 0) is 52.3 Å². The number of carbonyl (C=O) groups excluding carboxylic acids is 2. The molecule has 8 nitrogen and oxygen atoms in total. The molecule has 1 unspecified atom stereocenters. The summed E-state index contributed by atoms with van der Waals surface area (Å²) in [4.78, 5) is 32.6. The largest absolute Gasteiger partial charge is 0.321 e. The van der Waals surface area contributed by atoms with Crippen LogP contribution in [0.4, 0.5) is 10.6 Å². The number of piperazine rings is 1. The average Bonchev–Trinajstić information content (AvgIpc) is 3.44. The highest BCUT2D eigenvalue weighted by Gasteiger charge is 2.42. The van der Waals surface area contributed by atoms with Crippen LogP contribution >= 0.6 is 0 Å². The fourth-order valence-corrected chi connectivity index (χ4v) is 5.27. The van der Waals surface area contributed by atoms with Crippen molar-refractivity contribution in [2.45, 2.75) is 58.3 Å². The zero-order valence-corrected chi connectivity index (χ0v) is 18.4. The van der Waals surface area contributed by atoms with Crippen LogP contribution in [0.1, 0.15) is 59.9 Å². The molecule has 2 saturated heterocycles. The summed E-state index contributed by atoms with van der Waals surface area (Å²) in [5.41, 5.74) is 3.43. The van der Waals surface area contributed by atoms with Crippen molar-refractivity contribution in [3.05, 3.63) is 46.6 Å².